The minimum Gasteiger partial charge on any atom is -0.450 e. The molecule has 9 nitrogen and oxygen atoms in total. The lowest BCUT2D eigenvalue weighted by Crippen LogP contribution is -2.50. The Kier molecular flexibility index (Phi) is 8.05. The van der Waals surface area contributed by atoms with E-state index in [1.165, 1.54) is 31.8 Å². The molecule has 3 heterocycles. The van der Waals surface area contributed by atoms with Gasteiger partial charge in [-0.3, -0.25) is 4.79 Å². The third kappa shape index (κ3) is 5.56. The van der Waals surface area contributed by atoms with Crippen molar-refractivity contribution in [2.24, 2.45) is 5.92 Å². The Morgan fingerprint density at radius 1 is 1.05 bits per heavy atom. The van der Waals surface area contributed by atoms with Crippen LogP contribution in [0.5, 0.6) is 0 Å². The summed E-state index contributed by atoms with van der Waals surface area (Å²) in [6.45, 7) is 5.15. The highest BCUT2D eigenvalue weighted by Crippen LogP contribution is 2.47. The molecular weight excluding hydrogens is 593 g/mol. The van der Waals surface area contributed by atoms with Gasteiger partial charge in [0.1, 0.15) is 10.0 Å². The molecule has 1 aliphatic carbocycles. The maximum Gasteiger partial charge on any atom is 0.409 e. The summed E-state index contributed by atoms with van der Waals surface area (Å²) in [5.74, 6) is 0.293. The van der Waals surface area contributed by atoms with Crippen molar-refractivity contribution in [3.63, 3.8) is 0 Å². The van der Waals surface area contributed by atoms with Gasteiger partial charge in [-0.1, -0.05) is 19.1 Å². The molecular formula is C30H32N4O5S3. The second-order valence-corrected chi connectivity index (χ2v) is 14.7. The molecule has 42 heavy (non-hydrogen) atoms. The molecule has 1 atom stereocenters. The summed E-state index contributed by atoms with van der Waals surface area (Å²) in [6.07, 6.45) is 2.60. The number of anilines is 1. The predicted molar refractivity (Wildman–Crippen MR) is 166 cm³/mol. The van der Waals surface area contributed by atoms with Gasteiger partial charge in [0, 0.05) is 42.2 Å². The van der Waals surface area contributed by atoms with Crippen LogP contribution in [0.2, 0.25) is 0 Å². The summed E-state index contributed by atoms with van der Waals surface area (Å²) in [6, 6.07) is 14.1. The Hall–Kier alpha value is -3.32. The van der Waals surface area contributed by atoms with Gasteiger partial charge >= 0.3 is 6.09 Å². The van der Waals surface area contributed by atoms with Gasteiger partial charge in [0.25, 0.3) is 5.91 Å². The Bertz CT molecular complexity index is 1710. The molecule has 1 aliphatic heterocycles. The van der Waals surface area contributed by atoms with Crippen LogP contribution in [-0.4, -0.2) is 67.4 Å². The van der Waals surface area contributed by atoms with E-state index in [1.807, 2.05) is 18.2 Å². The van der Waals surface area contributed by atoms with Gasteiger partial charge in [0.15, 0.2) is 0 Å². The first kappa shape index (κ1) is 28.8. The summed E-state index contributed by atoms with van der Waals surface area (Å²) >= 11 is 3.25. The number of benzene rings is 2. The summed E-state index contributed by atoms with van der Waals surface area (Å²) in [4.78, 5) is 33.2. The molecule has 1 N–H and O–H groups in total. The minimum atomic E-state index is -3.77. The van der Waals surface area contributed by atoms with Crippen molar-refractivity contribution >= 4 is 59.9 Å². The molecule has 0 bridgehead atoms. The average molecular weight is 625 g/mol. The van der Waals surface area contributed by atoms with Crippen LogP contribution in [0.4, 0.5) is 9.80 Å². The van der Waals surface area contributed by atoms with Crippen molar-refractivity contribution in [1.29, 1.82) is 0 Å². The van der Waals surface area contributed by atoms with Crippen LogP contribution in [0.25, 0.3) is 20.8 Å². The van der Waals surface area contributed by atoms with Crippen molar-refractivity contribution < 1.29 is 22.7 Å². The molecule has 1 unspecified atom stereocenters. The number of para-hydroxylation sites is 1. The fraction of sp³-hybridized carbons (Fsp3) is 0.367. The number of rotatable bonds is 6. The number of nitrogens with zero attached hydrogens (tertiary/aromatic N) is 3. The van der Waals surface area contributed by atoms with Crippen LogP contribution in [-0.2, 0) is 27.6 Å². The normalized spacial score (nSPS) is 17.7. The quantitative estimate of drug-likeness (QED) is 0.288. The van der Waals surface area contributed by atoms with Crippen molar-refractivity contribution in [3.8, 4) is 10.6 Å². The second kappa shape index (κ2) is 11.8. The standard InChI is InChI=1S/C30H32N4O5S3/c1-3-39-30(36)33-14-16-34(17-15-33)42(37,38)21-11-9-20(10-12-21)27(35)32-29-26(22-13-8-19(2)18-25(22)41-29)28-31-23-6-4-5-7-24(23)40-28/h4-7,9-12,19H,3,8,13-18H2,1-2H3,(H,32,35). The maximum atomic E-state index is 13.4. The minimum absolute atomic E-state index is 0.111. The zero-order chi connectivity index (χ0) is 29.4. The van der Waals surface area contributed by atoms with Gasteiger partial charge in [-0.15, -0.1) is 22.7 Å². The number of thiophene rings is 1. The van der Waals surface area contributed by atoms with Gasteiger partial charge in [-0.2, -0.15) is 4.31 Å². The number of sulfonamides is 1. The van der Waals surface area contributed by atoms with Crippen LogP contribution < -0.4 is 5.32 Å². The molecule has 2 aliphatic rings. The second-order valence-electron chi connectivity index (χ2n) is 10.6. The molecule has 12 heteroatoms. The van der Waals surface area contributed by atoms with E-state index in [4.69, 9.17) is 9.72 Å². The molecule has 4 aromatic rings. The summed E-state index contributed by atoms with van der Waals surface area (Å²) in [5.41, 5.74) is 3.60. The van der Waals surface area contributed by atoms with E-state index in [0.717, 1.165) is 45.1 Å². The smallest absolute Gasteiger partial charge is 0.409 e. The number of aromatic nitrogens is 1. The SMILES string of the molecule is CCOC(=O)N1CCN(S(=O)(=O)c2ccc(C(=O)Nc3sc4c(c3-c3nc5ccccc5s3)CCC(C)C4)cc2)CC1. The van der Waals surface area contributed by atoms with Gasteiger partial charge in [0.05, 0.1) is 21.7 Å². The average Bonchev–Trinajstić information content (AvgIpc) is 3.57. The summed E-state index contributed by atoms with van der Waals surface area (Å²) in [7, 11) is -3.77. The topological polar surface area (TPSA) is 109 Å². The first-order valence-electron chi connectivity index (χ1n) is 14.1. The van der Waals surface area contributed by atoms with E-state index < -0.39 is 16.1 Å². The third-order valence-electron chi connectivity index (χ3n) is 7.77. The van der Waals surface area contributed by atoms with Crippen LogP contribution >= 0.6 is 22.7 Å². The lowest BCUT2D eigenvalue weighted by Gasteiger charge is -2.33. The Labute approximate surface area is 253 Å². The lowest BCUT2D eigenvalue weighted by molar-refractivity contribution is 0.0933. The highest BCUT2D eigenvalue weighted by atomic mass is 32.2. The maximum absolute atomic E-state index is 13.4. The number of hydrogen-bond acceptors (Lipinski definition) is 8. The molecule has 2 aromatic heterocycles. The molecule has 1 fully saturated rings. The fourth-order valence-electron chi connectivity index (χ4n) is 5.47. The number of ether oxygens (including phenoxy) is 1. The van der Waals surface area contributed by atoms with Crippen LogP contribution in [0, 0.1) is 5.92 Å². The number of carbonyl (C=O) groups excluding carboxylic acids is 2. The molecule has 0 spiro atoms. The fourth-order valence-corrected chi connectivity index (χ4v) is 9.41. The predicted octanol–water partition coefficient (Wildman–Crippen LogP) is 5.86. The number of hydrogen-bond donors (Lipinski definition) is 1. The zero-order valence-electron chi connectivity index (χ0n) is 23.5. The highest BCUT2D eigenvalue weighted by Gasteiger charge is 2.31. The molecule has 0 saturated carbocycles. The van der Waals surface area contributed by atoms with Crippen LogP contribution in [0.1, 0.15) is 41.1 Å². The highest BCUT2D eigenvalue weighted by molar-refractivity contribution is 7.89. The lowest BCUT2D eigenvalue weighted by atomic mass is 9.88. The van der Waals surface area contributed by atoms with Gasteiger partial charge in [-0.05, 0) is 74.1 Å². The largest absolute Gasteiger partial charge is 0.450 e. The van der Waals surface area contributed by atoms with E-state index >= 15 is 0 Å². The Morgan fingerprint density at radius 2 is 1.79 bits per heavy atom. The number of amides is 2. The van der Waals surface area contributed by atoms with Crippen molar-refractivity contribution in [3.05, 3.63) is 64.5 Å². The van der Waals surface area contributed by atoms with Gasteiger partial charge in [0.2, 0.25) is 10.0 Å². The van der Waals surface area contributed by atoms with Crippen LogP contribution in [0.3, 0.4) is 0 Å². The number of nitrogens with one attached hydrogen (secondary N) is 1. The van der Waals surface area contributed by atoms with E-state index in [1.54, 1.807) is 41.7 Å². The number of thiazole rings is 1. The van der Waals surface area contributed by atoms with E-state index in [0.29, 0.717) is 11.5 Å². The van der Waals surface area contributed by atoms with E-state index in [2.05, 4.69) is 18.3 Å². The third-order valence-corrected chi connectivity index (χ3v) is 11.9. The summed E-state index contributed by atoms with van der Waals surface area (Å²) < 4.78 is 34.0. The van der Waals surface area contributed by atoms with Crippen molar-refractivity contribution in [2.75, 3.05) is 38.1 Å². The Morgan fingerprint density at radius 3 is 2.50 bits per heavy atom. The molecule has 6 rings (SSSR count). The number of piperazine rings is 1. The van der Waals surface area contributed by atoms with Gasteiger partial charge in [-0.25, -0.2) is 18.2 Å². The molecule has 0 radical (unpaired) electrons. The number of fused-ring (bicyclic) bond motifs is 2. The Balaban J connectivity index is 1.21. The van der Waals surface area contributed by atoms with Crippen molar-refractivity contribution in [2.45, 2.75) is 38.0 Å². The first-order chi connectivity index (χ1) is 20.2. The van der Waals surface area contributed by atoms with Gasteiger partial charge < -0.3 is 15.0 Å². The first-order valence-corrected chi connectivity index (χ1v) is 17.2. The number of carbonyl (C=O) groups is 2. The monoisotopic (exact) mass is 624 g/mol. The van der Waals surface area contributed by atoms with Crippen LogP contribution in [0.15, 0.2) is 53.4 Å². The summed E-state index contributed by atoms with van der Waals surface area (Å²) in [5, 5.41) is 4.82. The van der Waals surface area contributed by atoms with E-state index in [-0.39, 0.29) is 43.6 Å². The molecule has 2 aromatic carbocycles. The van der Waals surface area contributed by atoms with Crippen molar-refractivity contribution in [1.82, 2.24) is 14.2 Å². The van der Waals surface area contributed by atoms with E-state index in [9.17, 15) is 18.0 Å². The molecule has 220 valence electrons. The zero-order valence-corrected chi connectivity index (χ0v) is 25.9. The molecule has 2 amide bonds. The molecule has 1 saturated heterocycles.